The van der Waals surface area contributed by atoms with Gasteiger partial charge in [0.2, 0.25) is 0 Å². The maximum Gasteiger partial charge on any atom is 0.176 e. The Morgan fingerprint density at radius 2 is 1.55 bits per heavy atom. The number of ether oxygens (including phenoxy) is 2. The fourth-order valence-corrected chi connectivity index (χ4v) is 2.85. The van der Waals surface area contributed by atoms with Crippen LogP contribution in [0.25, 0.3) is 0 Å². The summed E-state index contributed by atoms with van der Waals surface area (Å²) in [5.41, 5.74) is 17.3. The minimum Gasteiger partial charge on any atom is -0.394 e. The summed E-state index contributed by atoms with van der Waals surface area (Å²) in [6, 6.07) is -2.45. The molecule has 10 nitrogen and oxygen atoms in total. The fraction of sp³-hybridized carbons (Fsp3) is 1.00. The summed E-state index contributed by atoms with van der Waals surface area (Å²) in [4.78, 5) is 0. The van der Waals surface area contributed by atoms with Crippen molar-refractivity contribution >= 4 is 0 Å². The van der Waals surface area contributed by atoms with Crippen molar-refractivity contribution in [3.63, 3.8) is 0 Å². The number of hydrogen-bond donors (Lipinski definition) is 8. The van der Waals surface area contributed by atoms with Crippen LogP contribution in [0.1, 0.15) is 6.42 Å². The molecule has 0 bridgehead atoms. The summed E-state index contributed by atoms with van der Waals surface area (Å²) in [7, 11) is 0. The van der Waals surface area contributed by atoms with Gasteiger partial charge in [-0.1, -0.05) is 0 Å². The Morgan fingerprint density at radius 1 is 0.909 bits per heavy atom. The summed E-state index contributed by atoms with van der Waals surface area (Å²) in [6.07, 6.45) is -8.36. The predicted octanol–water partition coefficient (Wildman–Crippen LogP) is -5.08. The molecule has 22 heavy (non-hydrogen) atoms. The predicted molar refractivity (Wildman–Crippen MR) is 73.2 cm³/mol. The normalized spacial score (nSPS) is 53.5. The van der Waals surface area contributed by atoms with Crippen molar-refractivity contribution < 1.29 is 35.0 Å². The van der Waals surface area contributed by atoms with Gasteiger partial charge in [0, 0.05) is 12.1 Å². The molecule has 1 aliphatic carbocycles. The Morgan fingerprint density at radius 3 is 2.14 bits per heavy atom. The van der Waals surface area contributed by atoms with Crippen molar-refractivity contribution in [3.8, 4) is 0 Å². The molecule has 10 heteroatoms. The standard InChI is InChI=1S/C12H25N3O7/c13-3-1-4(14)11(10(20)7(3)17)22-12-6(15)9(19)8(18)5(2-16)21-12/h3-12,16-20H,1-2,13-15H2/t3-,4?,5?,6?,7-,8-,9-,10?,11-,12-/m1/s1. The van der Waals surface area contributed by atoms with Gasteiger partial charge < -0.3 is 52.2 Å². The summed E-state index contributed by atoms with van der Waals surface area (Å²) in [5.74, 6) is 0. The minimum atomic E-state index is -1.37. The summed E-state index contributed by atoms with van der Waals surface area (Å²) in [6.45, 7) is -0.544. The average molecular weight is 323 g/mol. The lowest BCUT2D eigenvalue weighted by atomic mass is 9.84. The van der Waals surface area contributed by atoms with E-state index in [9.17, 15) is 20.4 Å². The van der Waals surface area contributed by atoms with E-state index in [0.717, 1.165) is 0 Å². The molecule has 2 aliphatic rings. The van der Waals surface area contributed by atoms with Crippen LogP contribution in [-0.4, -0.2) is 93.2 Å². The first-order valence-corrected chi connectivity index (χ1v) is 7.18. The molecule has 1 heterocycles. The molecule has 0 amide bonds. The van der Waals surface area contributed by atoms with E-state index in [0.29, 0.717) is 0 Å². The lowest BCUT2D eigenvalue weighted by Gasteiger charge is -2.45. The number of aliphatic hydroxyl groups excluding tert-OH is 5. The Hall–Kier alpha value is -0.400. The zero-order valence-corrected chi connectivity index (χ0v) is 12.0. The maximum atomic E-state index is 10.0. The van der Waals surface area contributed by atoms with Gasteiger partial charge in [-0.2, -0.15) is 0 Å². The molecule has 4 unspecified atom stereocenters. The van der Waals surface area contributed by atoms with Gasteiger partial charge in [0.15, 0.2) is 6.29 Å². The molecule has 0 aromatic heterocycles. The van der Waals surface area contributed by atoms with Gasteiger partial charge in [0.05, 0.1) is 18.8 Å². The van der Waals surface area contributed by atoms with Crippen molar-refractivity contribution in [2.75, 3.05) is 6.61 Å². The molecule has 1 saturated heterocycles. The van der Waals surface area contributed by atoms with Crippen molar-refractivity contribution in [3.05, 3.63) is 0 Å². The SMILES string of the molecule is NC1C[C@@H](N)[C@@H](O)C(O)[C@@H]1O[C@H]1OC(CO)[C@@H](O)[C@H](O)C1N. The lowest BCUT2D eigenvalue weighted by Crippen LogP contribution is -2.67. The van der Waals surface area contributed by atoms with Crippen molar-refractivity contribution in [1.29, 1.82) is 0 Å². The van der Waals surface area contributed by atoms with Crippen LogP contribution < -0.4 is 17.2 Å². The monoisotopic (exact) mass is 323 g/mol. The first kappa shape index (κ1) is 17.9. The van der Waals surface area contributed by atoms with Gasteiger partial charge in [0.25, 0.3) is 0 Å². The molecule has 0 radical (unpaired) electrons. The first-order valence-electron chi connectivity index (χ1n) is 7.18. The smallest absolute Gasteiger partial charge is 0.176 e. The number of nitrogens with two attached hydrogens (primary N) is 3. The van der Waals surface area contributed by atoms with E-state index in [-0.39, 0.29) is 6.42 Å². The second kappa shape index (κ2) is 7.01. The van der Waals surface area contributed by atoms with Gasteiger partial charge in [-0.15, -0.1) is 0 Å². The average Bonchev–Trinajstić information content (AvgIpc) is 2.49. The summed E-state index contributed by atoms with van der Waals surface area (Å²) < 4.78 is 10.8. The lowest BCUT2D eigenvalue weighted by molar-refractivity contribution is -0.293. The van der Waals surface area contributed by atoms with E-state index < -0.39 is 67.6 Å². The second-order valence-electron chi connectivity index (χ2n) is 5.93. The third-order valence-electron chi connectivity index (χ3n) is 4.31. The quantitative estimate of drug-likeness (QED) is 0.248. The largest absolute Gasteiger partial charge is 0.394 e. The fourth-order valence-electron chi connectivity index (χ4n) is 2.85. The molecule has 1 saturated carbocycles. The van der Waals surface area contributed by atoms with Gasteiger partial charge in [0.1, 0.15) is 30.5 Å². The van der Waals surface area contributed by atoms with Crippen LogP contribution in [0.2, 0.25) is 0 Å². The maximum absolute atomic E-state index is 10.0. The highest BCUT2D eigenvalue weighted by atomic mass is 16.7. The van der Waals surface area contributed by atoms with Crippen LogP contribution in [0, 0.1) is 0 Å². The third kappa shape index (κ3) is 3.26. The van der Waals surface area contributed by atoms with Crippen LogP contribution in [0.4, 0.5) is 0 Å². The highest BCUT2D eigenvalue weighted by Gasteiger charge is 2.47. The molecular formula is C12H25N3O7. The van der Waals surface area contributed by atoms with Gasteiger partial charge in [-0.3, -0.25) is 0 Å². The number of hydrogen-bond acceptors (Lipinski definition) is 10. The van der Waals surface area contributed by atoms with Crippen LogP contribution in [-0.2, 0) is 9.47 Å². The van der Waals surface area contributed by atoms with Gasteiger partial charge >= 0.3 is 0 Å². The topological polar surface area (TPSA) is 198 Å². The van der Waals surface area contributed by atoms with E-state index in [4.69, 9.17) is 31.8 Å². The van der Waals surface area contributed by atoms with Gasteiger partial charge in [-0.25, -0.2) is 0 Å². The molecular weight excluding hydrogens is 298 g/mol. The Labute approximate surface area is 127 Å². The Balaban J connectivity index is 2.08. The molecule has 0 aromatic carbocycles. The van der Waals surface area contributed by atoms with Crippen LogP contribution in [0.3, 0.4) is 0 Å². The van der Waals surface area contributed by atoms with Crippen LogP contribution in [0.15, 0.2) is 0 Å². The molecule has 2 rings (SSSR count). The van der Waals surface area contributed by atoms with E-state index in [1.165, 1.54) is 0 Å². The van der Waals surface area contributed by atoms with Gasteiger partial charge in [-0.05, 0) is 6.42 Å². The Bertz CT molecular complexity index is 375. The molecule has 10 atom stereocenters. The van der Waals surface area contributed by atoms with Crippen molar-refractivity contribution in [2.45, 2.75) is 67.5 Å². The molecule has 0 spiro atoms. The first-order chi connectivity index (χ1) is 10.3. The highest BCUT2D eigenvalue weighted by molar-refractivity contribution is 4.99. The van der Waals surface area contributed by atoms with E-state index in [1.807, 2.05) is 0 Å². The van der Waals surface area contributed by atoms with Crippen molar-refractivity contribution in [2.24, 2.45) is 17.2 Å². The summed E-state index contributed by atoms with van der Waals surface area (Å²) in [5, 5.41) is 48.6. The number of rotatable bonds is 3. The molecule has 130 valence electrons. The zero-order chi connectivity index (χ0) is 16.6. The van der Waals surface area contributed by atoms with E-state index in [2.05, 4.69) is 0 Å². The minimum absolute atomic E-state index is 0.222. The molecule has 1 aliphatic heterocycles. The van der Waals surface area contributed by atoms with Crippen molar-refractivity contribution in [1.82, 2.24) is 0 Å². The Kier molecular flexibility index (Phi) is 5.72. The number of aliphatic hydroxyl groups is 5. The zero-order valence-electron chi connectivity index (χ0n) is 12.0. The van der Waals surface area contributed by atoms with E-state index in [1.54, 1.807) is 0 Å². The molecule has 0 aromatic rings. The second-order valence-corrected chi connectivity index (χ2v) is 5.93. The molecule has 2 fully saturated rings. The highest BCUT2D eigenvalue weighted by Crippen LogP contribution is 2.27. The summed E-state index contributed by atoms with van der Waals surface area (Å²) >= 11 is 0. The van der Waals surface area contributed by atoms with Crippen LogP contribution in [0.5, 0.6) is 0 Å². The van der Waals surface area contributed by atoms with E-state index >= 15 is 0 Å². The van der Waals surface area contributed by atoms with Crippen LogP contribution >= 0.6 is 0 Å². The third-order valence-corrected chi connectivity index (χ3v) is 4.31. The molecule has 11 N–H and O–H groups in total.